The molecular weight excluding hydrogens is 399 g/mol. The highest BCUT2D eigenvalue weighted by atomic mass is 19.1. The van der Waals surface area contributed by atoms with Gasteiger partial charge in [-0.25, -0.2) is 4.39 Å². The van der Waals surface area contributed by atoms with Gasteiger partial charge in [0.1, 0.15) is 11.9 Å². The second-order valence-electron chi connectivity index (χ2n) is 7.62. The van der Waals surface area contributed by atoms with Gasteiger partial charge in [0.15, 0.2) is 0 Å². The van der Waals surface area contributed by atoms with E-state index in [1.807, 2.05) is 6.07 Å². The molecule has 160 valence electrons. The molecule has 0 radical (unpaired) electrons. The number of likely N-dealkylation sites (tertiary alicyclic amines) is 1. The lowest BCUT2D eigenvalue weighted by molar-refractivity contribution is -0.134. The van der Waals surface area contributed by atoms with Crippen molar-refractivity contribution in [3.05, 3.63) is 71.9 Å². The Morgan fingerprint density at radius 1 is 1.10 bits per heavy atom. The van der Waals surface area contributed by atoms with E-state index >= 15 is 0 Å². The second kappa shape index (κ2) is 9.07. The number of hydrogen-bond donors (Lipinski definition) is 1. The van der Waals surface area contributed by atoms with Crippen LogP contribution in [0.4, 0.5) is 4.39 Å². The average Bonchev–Trinajstić information content (AvgIpc) is 3.30. The summed E-state index contributed by atoms with van der Waals surface area (Å²) in [5, 5.41) is 6.76. The van der Waals surface area contributed by atoms with Gasteiger partial charge in [-0.05, 0) is 56.2 Å². The first-order valence-corrected chi connectivity index (χ1v) is 10.3. The Morgan fingerprint density at radius 2 is 1.77 bits per heavy atom. The summed E-state index contributed by atoms with van der Waals surface area (Å²) in [6.07, 6.45) is 1.38. The van der Waals surface area contributed by atoms with Crippen LogP contribution in [-0.2, 0) is 4.79 Å². The highest BCUT2D eigenvalue weighted by Gasteiger charge is 2.30. The van der Waals surface area contributed by atoms with Gasteiger partial charge >= 0.3 is 0 Å². The van der Waals surface area contributed by atoms with Crippen molar-refractivity contribution in [3.63, 3.8) is 0 Å². The van der Waals surface area contributed by atoms with Crippen molar-refractivity contribution in [1.82, 2.24) is 20.4 Å². The summed E-state index contributed by atoms with van der Waals surface area (Å²) in [7, 11) is 0. The highest BCUT2D eigenvalue weighted by molar-refractivity contribution is 5.97. The third kappa shape index (κ3) is 4.79. The number of halogens is 1. The van der Waals surface area contributed by atoms with Crippen molar-refractivity contribution in [2.75, 3.05) is 13.1 Å². The Labute approximate surface area is 179 Å². The first-order valence-electron chi connectivity index (χ1n) is 10.3. The normalized spacial score (nSPS) is 15.5. The van der Waals surface area contributed by atoms with Crippen molar-refractivity contribution in [1.29, 1.82) is 0 Å². The van der Waals surface area contributed by atoms with E-state index in [1.165, 1.54) is 12.1 Å². The van der Waals surface area contributed by atoms with Crippen molar-refractivity contribution in [3.8, 4) is 11.4 Å². The lowest BCUT2D eigenvalue weighted by Gasteiger charge is -2.32. The van der Waals surface area contributed by atoms with Gasteiger partial charge in [-0.3, -0.25) is 9.59 Å². The van der Waals surface area contributed by atoms with Crippen molar-refractivity contribution >= 4 is 11.8 Å². The van der Waals surface area contributed by atoms with E-state index in [-0.39, 0.29) is 23.5 Å². The first kappa shape index (κ1) is 20.7. The van der Waals surface area contributed by atoms with Crippen LogP contribution >= 0.6 is 0 Å². The summed E-state index contributed by atoms with van der Waals surface area (Å²) >= 11 is 0. The van der Waals surface area contributed by atoms with Crippen molar-refractivity contribution in [2.24, 2.45) is 0 Å². The molecule has 0 aliphatic carbocycles. The zero-order valence-electron chi connectivity index (χ0n) is 17.1. The van der Waals surface area contributed by atoms with Gasteiger partial charge < -0.3 is 14.7 Å². The molecule has 1 fully saturated rings. The number of amides is 2. The molecule has 2 heterocycles. The quantitative estimate of drug-likeness (QED) is 0.681. The molecule has 2 amide bonds. The van der Waals surface area contributed by atoms with Gasteiger partial charge in [0.05, 0.1) is 0 Å². The maximum Gasteiger partial charge on any atom is 0.251 e. The van der Waals surface area contributed by atoms with Crippen LogP contribution in [0.25, 0.3) is 11.4 Å². The third-order valence-corrected chi connectivity index (χ3v) is 5.45. The average molecular weight is 422 g/mol. The van der Waals surface area contributed by atoms with Gasteiger partial charge in [0.2, 0.25) is 17.6 Å². The first-order chi connectivity index (χ1) is 15.0. The number of carbonyl (C=O) groups excluding carboxylic acids is 2. The Kier molecular flexibility index (Phi) is 6.06. The molecule has 1 N–H and O–H groups in total. The van der Waals surface area contributed by atoms with Crippen LogP contribution < -0.4 is 5.32 Å². The minimum Gasteiger partial charge on any atom is -0.341 e. The van der Waals surface area contributed by atoms with Crippen LogP contribution in [0.5, 0.6) is 0 Å². The molecule has 0 saturated carbocycles. The summed E-state index contributed by atoms with van der Waals surface area (Å²) in [6.45, 7) is 2.79. The predicted octanol–water partition coefficient (Wildman–Crippen LogP) is 3.40. The molecule has 31 heavy (non-hydrogen) atoms. The molecule has 2 aromatic carbocycles. The van der Waals surface area contributed by atoms with E-state index in [2.05, 4.69) is 15.5 Å². The minimum atomic E-state index is -0.613. The smallest absolute Gasteiger partial charge is 0.251 e. The van der Waals surface area contributed by atoms with E-state index in [9.17, 15) is 14.0 Å². The number of rotatable bonds is 5. The summed E-state index contributed by atoms with van der Waals surface area (Å²) in [4.78, 5) is 31.2. The maximum atomic E-state index is 13.1. The fourth-order valence-corrected chi connectivity index (χ4v) is 3.67. The zero-order valence-corrected chi connectivity index (χ0v) is 17.1. The molecule has 3 aromatic rings. The Morgan fingerprint density at radius 3 is 2.45 bits per heavy atom. The molecule has 1 aromatic heterocycles. The van der Waals surface area contributed by atoms with E-state index in [1.54, 1.807) is 48.2 Å². The molecule has 1 aliphatic heterocycles. The van der Waals surface area contributed by atoms with Crippen LogP contribution in [0.15, 0.2) is 59.1 Å². The lowest BCUT2D eigenvalue weighted by atomic mass is 9.96. The summed E-state index contributed by atoms with van der Waals surface area (Å²) in [6, 6.07) is 14.1. The second-order valence-corrected chi connectivity index (χ2v) is 7.62. The fourth-order valence-electron chi connectivity index (χ4n) is 3.67. The lowest BCUT2D eigenvalue weighted by Crippen LogP contribution is -2.49. The van der Waals surface area contributed by atoms with Gasteiger partial charge in [-0.1, -0.05) is 23.4 Å². The molecule has 7 nitrogen and oxygen atoms in total. The fraction of sp³-hybridized carbons (Fsp3) is 0.304. The van der Waals surface area contributed by atoms with Crippen LogP contribution in [0.1, 0.15) is 41.9 Å². The van der Waals surface area contributed by atoms with Crippen LogP contribution in [0, 0.1) is 5.82 Å². The zero-order chi connectivity index (χ0) is 21.8. The minimum absolute atomic E-state index is 0.0555. The number of piperidine rings is 1. The van der Waals surface area contributed by atoms with E-state index in [4.69, 9.17) is 4.52 Å². The number of nitrogens with one attached hydrogen (secondary N) is 1. The highest BCUT2D eigenvalue weighted by Crippen LogP contribution is 2.28. The van der Waals surface area contributed by atoms with Crippen LogP contribution in [0.2, 0.25) is 0 Å². The molecule has 1 aliphatic rings. The van der Waals surface area contributed by atoms with Crippen LogP contribution in [0.3, 0.4) is 0 Å². The molecule has 1 atom stereocenters. The molecular formula is C23H23FN4O3. The molecule has 0 bridgehead atoms. The number of nitrogens with zero attached hydrogens (tertiary/aromatic N) is 3. The van der Waals surface area contributed by atoms with Gasteiger partial charge in [-0.15, -0.1) is 0 Å². The topological polar surface area (TPSA) is 88.3 Å². The van der Waals surface area contributed by atoms with Gasteiger partial charge in [0, 0.05) is 30.1 Å². The Balaban J connectivity index is 1.31. The molecule has 0 spiro atoms. The van der Waals surface area contributed by atoms with E-state index in [0.717, 1.165) is 0 Å². The van der Waals surface area contributed by atoms with Gasteiger partial charge in [-0.2, -0.15) is 4.98 Å². The van der Waals surface area contributed by atoms with E-state index in [0.29, 0.717) is 48.8 Å². The maximum absolute atomic E-state index is 13.1. The van der Waals surface area contributed by atoms with Crippen molar-refractivity contribution in [2.45, 2.75) is 31.7 Å². The SMILES string of the molecule is C[C@@H](NC(=O)c1ccccc1)C(=O)N1CCC(c2nc(-c3ccc(F)cc3)no2)CC1. The van der Waals surface area contributed by atoms with Crippen molar-refractivity contribution < 1.29 is 18.5 Å². The third-order valence-electron chi connectivity index (χ3n) is 5.45. The predicted molar refractivity (Wildman–Crippen MR) is 112 cm³/mol. The van der Waals surface area contributed by atoms with E-state index < -0.39 is 6.04 Å². The summed E-state index contributed by atoms with van der Waals surface area (Å²) in [5.74, 6) is 0.303. The summed E-state index contributed by atoms with van der Waals surface area (Å²) in [5.41, 5.74) is 1.21. The molecule has 1 saturated heterocycles. The summed E-state index contributed by atoms with van der Waals surface area (Å²) < 4.78 is 18.5. The Hall–Kier alpha value is -3.55. The number of carbonyl (C=O) groups is 2. The molecule has 8 heteroatoms. The number of benzene rings is 2. The monoisotopic (exact) mass is 422 g/mol. The molecule has 0 unspecified atom stereocenters. The Bertz CT molecular complexity index is 1040. The largest absolute Gasteiger partial charge is 0.341 e. The number of hydrogen-bond acceptors (Lipinski definition) is 5. The number of aromatic nitrogens is 2. The molecule has 4 rings (SSSR count). The van der Waals surface area contributed by atoms with Gasteiger partial charge in [0.25, 0.3) is 5.91 Å². The van der Waals surface area contributed by atoms with Crippen LogP contribution in [-0.4, -0.2) is 46.0 Å². The standard InChI is InChI=1S/C23H23FN4O3/c1-15(25-21(29)17-5-3-2-4-6-17)23(30)28-13-11-18(12-14-28)22-26-20(27-31-22)16-7-9-19(24)10-8-16/h2-10,15,18H,11-14H2,1H3,(H,25,29)/t15-/m1/s1.